The average molecular weight is 232 g/mol. The second-order valence-corrected chi connectivity index (χ2v) is 4.37. The molecule has 88 valence electrons. The smallest absolute Gasteiger partial charge is 0.126 e. The minimum Gasteiger partial charge on any atom is -0.279 e. The van der Waals surface area contributed by atoms with E-state index in [9.17, 15) is 4.39 Å². The highest BCUT2D eigenvalue weighted by molar-refractivity contribution is 5.90. The minimum absolute atomic E-state index is 0.285. The van der Waals surface area contributed by atoms with Crippen molar-refractivity contribution in [1.29, 1.82) is 0 Å². The van der Waals surface area contributed by atoms with Gasteiger partial charge in [0.1, 0.15) is 5.82 Å². The lowest BCUT2D eigenvalue weighted by Crippen LogP contribution is -1.98. The van der Waals surface area contributed by atoms with Gasteiger partial charge in [-0.1, -0.05) is 0 Å². The second-order valence-electron chi connectivity index (χ2n) is 4.37. The Labute approximate surface area is 98.6 Å². The first kappa shape index (κ1) is 10.5. The van der Waals surface area contributed by atoms with Gasteiger partial charge in [-0.25, -0.2) is 4.39 Å². The quantitative estimate of drug-likeness (QED) is 0.825. The van der Waals surface area contributed by atoms with Crippen molar-refractivity contribution in [1.82, 2.24) is 4.98 Å². The van der Waals surface area contributed by atoms with Crippen LogP contribution in [0.25, 0.3) is 10.9 Å². The van der Waals surface area contributed by atoms with Gasteiger partial charge in [-0.2, -0.15) is 0 Å². The first-order chi connectivity index (χ1) is 8.28. The number of benzene rings is 1. The second kappa shape index (κ2) is 3.96. The van der Waals surface area contributed by atoms with Crippen molar-refractivity contribution in [2.45, 2.75) is 18.8 Å². The molecule has 2 aromatic rings. The van der Waals surface area contributed by atoms with Crippen molar-refractivity contribution >= 4 is 16.6 Å². The number of rotatable bonds is 3. The maximum Gasteiger partial charge on any atom is 0.126 e. The highest BCUT2D eigenvalue weighted by Gasteiger charge is 2.24. The third-order valence-electron chi connectivity index (χ3n) is 3.03. The van der Waals surface area contributed by atoms with Gasteiger partial charge in [-0.15, -0.1) is 0 Å². The van der Waals surface area contributed by atoms with Crippen molar-refractivity contribution in [3.05, 3.63) is 35.8 Å². The molecule has 0 unspecified atom stereocenters. The number of halogens is 1. The molecule has 0 bridgehead atoms. The molecule has 4 heteroatoms. The van der Waals surface area contributed by atoms with E-state index < -0.39 is 0 Å². The topological polar surface area (TPSA) is 34.1 Å². The highest BCUT2D eigenvalue weighted by Crippen LogP contribution is 2.40. The molecule has 1 aromatic heterocycles. The third kappa shape index (κ3) is 1.96. The molecule has 17 heavy (non-hydrogen) atoms. The largest absolute Gasteiger partial charge is 0.279 e. The molecule has 0 saturated heterocycles. The lowest BCUT2D eigenvalue weighted by molar-refractivity contribution is 0.271. The normalized spacial score (nSPS) is 15.2. The van der Waals surface area contributed by atoms with E-state index in [1.165, 1.54) is 37.6 Å². The molecule has 3 rings (SSSR count). The predicted octanol–water partition coefficient (Wildman–Crippen LogP) is 3.22. The number of nitrogens with one attached hydrogen (secondary N) is 1. The monoisotopic (exact) mass is 232 g/mol. The molecular weight excluding hydrogens is 219 g/mol. The van der Waals surface area contributed by atoms with Crippen molar-refractivity contribution in [2.75, 3.05) is 12.6 Å². The molecule has 0 spiro atoms. The van der Waals surface area contributed by atoms with E-state index in [0.29, 0.717) is 11.6 Å². The lowest BCUT2D eigenvalue weighted by Gasteiger charge is -2.08. The summed E-state index contributed by atoms with van der Waals surface area (Å²) in [4.78, 5) is 9.22. The minimum atomic E-state index is -0.285. The fourth-order valence-electron chi connectivity index (χ4n) is 2.06. The van der Waals surface area contributed by atoms with E-state index >= 15 is 0 Å². The molecule has 0 atom stereocenters. The first-order valence-corrected chi connectivity index (χ1v) is 5.66. The Hall–Kier alpha value is -1.68. The Morgan fingerprint density at radius 1 is 1.35 bits per heavy atom. The summed E-state index contributed by atoms with van der Waals surface area (Å²) in [6.45, 7) is 0. The summed E-state index contributed by atoms with van der Waals surface area (Å²) in [6, 6.07) is 4.91. The first-order valence-electron chi connectivity index (χ1n) is 5.66. The van der Waals surface area contributed by atoms with Gasteiger partial charge < -0.3 is 0 Å². The third-order valence-corrected chi connectivity index (χ3v) is 3.03. The summed E-state index contributed by atoms with van der Waals surface area (Å²) < 4.78 is 13.4. The van der Waals surface area contributed by atoms with E-state index in [4.69, 9.17) is 4.84 Å². The summed E-state index contributed by atoms with van der Waals surface area (Å²) >= 11 is 0. The van der Waals surface area contributed by atoms with Crippen LogP contribution in [-0.2, 0) is 4.84 Å². The Balaban J connectivity index is 2.15. The Kier molecular flexibility index (Phi) is 2.44. The maximum atomic E-state index is 13.4. The van der Waals surface area contributed by atoms with E-state index in [1.54, 1.807) is 0 Å². The number of aromatic nitrogens is 1. The number of hydrogen-bond donors (Lipinski definition) is 1. The van der Waals surface area contributed by atoms with Crippen LogP contribution in [0.1, 0.15) is 24.3 Å². The zero-order chi connectivity index (χ0) is 11.8. The van der Waals surface area contributed by atoms with Gasteiger partial charge >= 0.3 is 0 Å². The Morgan fingerprint density at radius 2 is 2.18 bits per heavy atom. The molecule has 1 fully saturated rings. The summed E-state index contributed by atoms with van der Waals surface area (Å²) in [6.07, 6.45) is 4.30. The van der Waals surface area contributed by atoms with Crippen molar-refractivity contribution in [2.24, 2.45) is 0 Å². The van der Waals surface area contributed by atoms with E-state index in [0.717, 1.165) is 10.9 Å². The summed E-state index contributed by atoms with van der Waals surface area (Å²) in [5, 5.41) is 0.814. The molecule has 3 nitrogen and oxygen atoms in total. The molecule has 1 N–H and O–H groups in total. The van der Waals surface area contributed by atoms with Crippen LogP contribution in [0.4, 0.5) is 10.1 Å². The lowest BCUT2D eigenvalue weighted by atomic mass is 10.1. The highest BCUT2D eigenvalue weighted by atomic mass is 19.1. The average Bonchev–Trinajstić information content (AvgIpc) is 3.12. The number of hydrogen-bond acceptors (Lipinski definition) is 3. The van der Waals surface area contributed by atoms with E-state index in [2.05, 4.69) is 10.5 Å². The number of anilines is 1. The predicted molar refractivity (Wildman–Crippen MR) is 64.3 cm³/mol. The van der Waals surface area contributed by atoms with Crippen LogP contribution in [0.15, 0.2) is 24.4 Å². The van der Waals surface area contributed by atoms with Crippen molar-refractivity contribution in [3.63, 3.8) is 0 Å². The van der Waals surface area contributed by atoms with Crippen LogP contribution in [0.5, 0.6) is 0 Å². The molecule has 1 heterocycles. The van der Waals surface area contributed by atoms with Gasteiger partial charge in [-0.3, -0.25) is 15.3 Å². The molecule has 0 amide bonds. The standard InChI is InChI=1S/C13H13FN2O/c1-17-16-12-6-11(14)5-9-4-10(8-2-3-8)7-15-13(9)12/h4-8,16H,2-3H2,1H3. The van der Waals surface area contributed by atoms with Crippen LogP contribution in [0.3, 0.4) is 0 Å². The molecule has 1 aliphatic carbocycles. The van der Waals surface area contributed by atoms with Crippen molar-refractivity contribution in [3.8, 4) is 0 Å². The number of fused-ring (bicyclic) bond motifs is 1. The molecule has 1 aromatic carbocycles. The number of pyridine rings is 1. The van der Waals surface area contributed by atoms with Crippen LogP contribution in [0, 0.1) is 5.82 Å². The van der Waals surface area contributed by atoms with E-state index in [-0.39, 0.29) is 5.82 Å². The molecule has 1 aliphatic rings. The van der Waals surface area contributed by atoms with Gasteiger partial charge in [-0.05, 0) is 36.5 Å². The molecular formula is C13H13FN2O. The SMILES string of the molecule is CONc1cc(F)cc2cc(C3CC3)cnc12. The van der Waals surface area contributed by atoms with Crippen LogP contribution in [-0.4, -0.2) is 12.1 Å². The zero-order valence-electron chi connectivity index (χ0n) is 9.53. The van der Waals surface area contributed by atoms with Gasteiger partial charge in [0.25, 0.3) is 0 Å². The Morgan fingerprint density at radius 3 is 2.88 bits per heavy atom. The summed E-state index contributed by atoms with van der Waals surface area (Å²) in [5.74, 6) is 0.334. The fraction of sp³-hybridized carbons (Fsp3) is 0.308. The molecule has 1 saturated carbocycles. The maximum absolute atomic E-state index is 13.4. The van der Waals surface area contributed by atoms with Crippen molar-refractivity contribution < 1.29 is 9.23 Å². The van der Waals surface area contributed by atoms with Crippen LogP contribution >= 0.6 is 0 Å². The van der Waals surface area contributed by atoms with E-state index in [1.807, 2.05) is 12.3 Å². The fourth-order valence-corrected chi connectivity index (χ4v) is 2.06. The van der Waals surface area contributed by atoms with Crippen LogP contribution in [0.2, 0.25) is 0 Å². The summed E-state index contributed by atoms with van der Waals surface area (Å²) in [5.41, 5.74) is 5.15. The number of nitrogens with zero attached hydrogens (tertiary/aromatic N) is 1. The van der Waals surface area contributed by atoms with Crippen LogP contribution < -0.4 is 5.48 Å². The van der Waals surface area contributed by atoms with Gasteiger partial charge in [0, 0.05) is 17.6 Å². The summed E-state index contributed by atoms with van der Waals surface area (Å²) in [7, 11) is 1.50. The molecule has 0 radical (unpaired) electrons. The van der Waals surface area contributed by atoms with Gasteiger partial charge in [0.05, 0.1) is 18.3 Å². The van der Waals surface area contributed by atoms with Gasteiger partial charge in [0.15, 0.2) is 0 Å². The molecule has 0 aliphatic heterocycles. The Bertz CT molecular complexity index is 567. The zero-order valence-corrected chi connectivity index (χ0v) is 9.53. The van der Waals surface area contributed by atoms with Gasteiger partial charge in [0.2, 0.25) is 0 Å².